The SMILES string of the molecule is CCCCCCCCCN=Cc1cccc([N+](=O)[O-])c1O. The lowest BCUT2D eigenvalue weighted by Crippen LogP contribution is -1.92. The first-order valence-electron chi connectivity index (χ1n) is 7.63. The maximum atomic E-state index is 10.7. The Kier molecular flexibility index (Phi) is 8.09. The summed E-state index contributed by atoms with van der Waals surface area (Å²) in [6, 6.07) is 4.45. The minimum absolute atomic E-state index is 0.283. The molecule has 0 radical (unpaired) electrons. The molecule has 0 unspecified atom stereocenters. The van der Waals surface area contributed by atoms with Crippen molar-refractivity contribution in [3.05, 3.63) is 33.9 Å². The van der Waals surface area contributed by atoms with E-state index in [-0.39, 0.29) is 11.4 Å². The number of para-hydroxylation sites is 1. The van der Waals surface area contributed by atoms with Crippen LogP contribution in [0.15, 0.2) is 23.2 Å². The Bertz CT molecular complexity index is 473. The summed E-state index contributed by atoms with van der Waals surface area (Å²) in [5.74, 6) is -0.314. The third-order valence-corrected chi connectivity index (χ3v) is 3.36. The third-order valence-electron chi connectivity index (χ3n) is 3.36. The first kappa shape index (κ1) is 17.1. The van der Waals surface area contributed by atoms with Crippen LogP contribution in [0.25, 0.3) is 0 Å². The standard InChI is InChI=1S/C16H24N2O3/c1-2-3-4-5-6-7-8-12-17-13-14-10-9-11-15(16(14)19)18(20)21/h9-11,13,19H,2-8,12H2,1H3. The van der Waals surface area contributed by atoms with E-state index in [0.29, 0.717) is 12.1 Å². The summed E-state index contributed by atoms with van der Waals surface area (Å²) in [5, 5.41) is 20.4. The first-order chi connectivity index (χ1) is 10.2. The highest BCUT2D eigenvalue weighted by Crippen LogP contribution is 2.27. The monoisotopic (exact) mass is 292 g/mol. The van der Waals surface area contributed by atoms with Crippen LogP contribution in [0.3, 0.4) is 0 Å². The summed E-state index contributed by atoms with van der Waals surface area (Å²) in [4.78, 5) is 14.3. The fraction of sp³-hybridized carbons (Fsp3) is 0.562. The van der Waals surface area contributed by atoms with E-state index in [1.54, 1.807) is 12.1 Å². The molecule has 5 nitrogen and oxygen atoms in total. The smallest absolute Gasteiger partial charge is 0.311 e. The van der Waals surface area contributed by atoms with Crippen molar-refractivity contribution in [2.24, 2.45) is 4.99 Å². The van der Waals surface area contributed by atoms with Gasteiger partial charge in [-0.2, -0.15) is 0 Å². The van der Waals surface area contributed by atoms with Crippen LogP contribution in [0.1, 0.15) is 57.4 Å². The summed E-state index contributed by atoms with van der Waals surface area (Å²) in [5.41, 5.74) is 0.113. The molecule has 0 aliphatic carbocycles. The van der Waals surface area contributed by atoms with Crippen LogP contribution in [0.5, 0.6) is 5.75 Å². The van der Waals surface area contributed by atoms with Crippen molar-refractivity contribution in [3.8, 4) is 5.75 Å². The van der Waals surface area contributed by atoms with Gasteiger partial charge in [-0.05, 0) is 12.5 Å². The lowest BCUT2D eigenvalue weighted by molar-refractivity contribution is -0.385. The molecular weight excluding hydrogens is 268 g/mol. The molecule has 1 aromatic rings. The second-order valence-electron chi connectivity index (χ2n) is 5.13. The fourth-order valence-electron chi connectivity index (χ4n) is 2.12. The zero-order valence-corrected chi connectivity index (χ0v) is 12.6. The first-order valence-corrected chi connectivity index (χ1v) is 7.63. The second kappa shape index (κ2) is 9.91. The molecule has 0 heterocycles. The van der Waals surface area contributed by atoms with Crippen molar-refractivity contribution in [1.82, 2.24) is 0 Å². The van der Waals surface area contributed by atoms with Crippen LogP contribution >= 0.6 is 0 Å². The van der Waals surface area contributed by atoms with E-state index in [4.69, 9.17) is 0 Å². The number of hydrogen-bond acceptors (Lipinski definition) is 4. The molecule has 116 valence electrons. The number of phenolic OH excluding ortho intramolecular Hbond substituents is 1. The maximum absolute atomic E-state index is 10.7. The summed E-state index contributed by atoms with van der Waals surface area (Å²) >= 11 is 0. The van der Waals surface area contributed by atoms with Gasteiger partial charge in [0.25, 0.3) is 0 Å². The van der Waals surface area contributed by atoms with Gasteiger partial charge in [-0.3, -0.25) is 15.1 Å². The number of unbranched alkanes of at least 4 members (excludes halogenated alkanes) is 6. The summed E-state index contributed by atoms with van der Waals surface area (Å²) in [7, 11) is 0. The number of rotatable bonds is 10. The second-order valence-corrected chi connectivity index (χ2v) is 5.13. The van der Waals surface area contributed by atoms with Gasteiger partial charge >= 0.3 is 5.69 Å². The van der Waals surface area contributed by atoms with Crippen LogP contribution < -0.4 is 0 Å². The quantitative estimate of drug-likeness (QED) is 0.299. The molecule has 0 bridgehead atoms. The number of phenols is 1. The van der Waals surface area contributed by atoms with E-state index in [9.17, 15) is 15.2 Å². The molecule has 0 amide bonds. The van der Waals surface area contributed by atoms with Crippen molar-refractivity contribution >= 4 is 11.9 Å². The van der Waals surface area contributed by atoms with Gasteiger partial charge in [0, 0.05) is 24.4 Å². The molecular formula is C16H24N2O3. The summed E-state index contributed by atoms with van der Waals surface area (Å²) in [6.45, 7) is 2.90. The van der Waals surface area contributed by atoms with Crippen LogP contribution in [-0.2, 0) is 0 Å². The molecule has 0 saturated carbocycles. The predicted octanol–water partition coefficient (Wildman–Crippen LogP) is 4.47. The zero-order valence-electron chi connectivity index (χ0n) is 12.6. The molecule has 1 rings (SSSR count). The Morgan fingerprint density at radius 2 is 1.86 bits per heavy atom. The molecule has 1 N–H and O–H groups in total. The minimum atomic E-state index is -0.594. The average Bonchev–Trinajstić information content (AvgIpc) is 2.46. The van der Waals surface area contributed by atoms with Gasteiger partial charge in [-0.25, -0.2) is 0 Å². The number of nitro benzene ring substituents is 1. The maximum Gasteiger partial charge on any atom is 0.311 e. The van der Waals surface area contributed by atoms with Gasteiger partial charge in [-0.1, -0.05) is 51.5 Å². The van der Waals surface area contributed by atoms with E-state index < -0.39 is 4.92 Å². The Hall–Kier alpha value is -1.91. The van der Waals surface area contributed by atoms with Gasteiger partial charge in [-0.15, -0.1) is 0 Å². The Morgan fingerprint density at radius 1 is 1.19 bits per heavy atom. The topological polar surface area (TPSA) is 75.7 Å². The normalized spacial score (nSPS) is 11.1. The number of hydrogen-bond donors (Lipinski definition) is 1. The van der Waals surface area contributed by atoms with E-state index in [2.05, 4.69) is 11.9 Å². The van der Waals surface area contributed by atoms with Crippen molar-refractivity contribution < 1.29 is 10.0 Å². The van der Waals surface area contributed by atoms with Crippen molar-refractivity contribution in [3.63, 3.8) is 0 Å². The molecule has 5 heteroatoms. The number of nitrogens with zero attached hydrogens (tertiary/aromatic N) is 2. The molecule has 1 aromatic carbocycles. The van der Waals surface area contributed by atoms with Gasteiger partial charge in [0.05, 0.1) is 4.92 Å². The number of nitro groups is 1. The Labute approximate surface area is 125 Å². The molecule has 0 spiro atoms. The summed E-state index contributed by atoms with van der Waals surface area (Å²) < 4.78 is 0. The van der Waals surface area contributed by atoms with Crippen LogP contribution in [0, 0.1) is 10.1 Å². The highest BCUT2D eigenvalue weighted by molar-refractivity contribution is 5.85. The van der Waals surface area contributed by atoms with Gasteiger partial charge in [0.1, 0.15) is 0 Å². The number of benzene rings is 1. The molecule has 0 aromatic heterocycles. The van der Waals surface area contributed by atoms with Gasteiger partial charge < -0.3 is 5.11 Å². The molecule has 0 aliphatic heterocycles. The molecule has 21 heavy (non-hydrogen) atoms. The number of aliphatic imine (C=N–C) groups is 1. The average molecular weight is 292 g/mol. The van der Waals surface area contributed by atoms with Gasteiger partial charge in [0.2, 0.25) is 5.75 Å². The lowest BCUT2D eigenvalue weighted by Gasteiger charge is -2.00. The Balaban J connectivity index is 2.31. The van der Waals surface area contributed by atoms with Crippen molar-refractivity contribution in [1.29, 1.82) is 0 Å². The minimum Gasteiger partial charge on any atom is -0.502 e. The van der Waals surface area contributed by atoms with Crippen molar-refractivity contribution in [2.75, 3.05) is 6.54 Å². The third kappa shape index (κ3) is 6.38. The van der Waals surface area contributed by atoms with E-state index in [1.807, 2.05) is 0 Å². The van der Waals surface area contributed by atoms with Crippen LogP contribution in [0.2, 0.25) is 0 Å². The molecule has 0 saturated heterocycles. The van der Waals surface area contributed by atoms with E-state index >= 15 is 0 Å². The molecule has 0 fully saturated rings. The number of aromatic hydroxyl groups is 1. The predicted molar refractivity (Wildman–Crippen MR) is 85.2 cm³/mol. The summed E-state index contributed by atoms with van der Waals surface area (Å²) in [6.07, 6.45) is 10.1. The van der Waals surface area contributed by atoms with E-state index in [0.717, 1.165) is 12.8 Å². The lowest BCUT2D eigenvalue weighted by atomic mass is 10.1. The molecule has 0 aliphatic rings. The van der Waals surface area contributed by atoms with E-state index in [1.165, 1.54) is 44.4 Å². The van der Waals surface area contributed by atoms with Crippen LogP contribution in [0.4, 0.5) is 5.69 Å². The molecule has 0 atom stereocenters. The van der Waals surface area contributed by atoms with Gasteiger partial charge in [0.15, 0.2) is 0 Å². The largest absolute Gasteiger partial charge is 0.502 e. The highest BCUT2D eigenvalue weighted by Gasteiger charge is 2.14. The van der Waals surface area contributed by atoms with Crippen LogP contribution in [-0.4, -0.2) is 22.8 Å². The zero-order chi connectivity index (χ0) is 15.5. The Morgan fingerprint density at radius 3 is 2.52 bits per heavy atom. The van der Waals surface area contributed by atoms with Crippen molar-refractivity contribution in [2.45, 2.75) is 51.9 Å². The fourth-order valence-corrected chi connectivity index (χ4v) is 2.12. The highest BCUT2D eigenvalue weighted by atomic mass is 16.6.